The van der Waals surface area contributed by atoms with Gasteiger partial charge in [-0.05, 0) is 38.5 Å². The predicted molar refractivity (Wildman–Crippen MR) is 105 cm³/mol. The number of para-hydroxylation sites is 1. The van der Waals surface area contributed by atoms with Crippen molar-refractivity contribution in [3.8, 4) is 6.07 Å². The molecular formula is C20H20ClN3O4. The molecule has 0 bridgehead atoms. The smallest absolute Gasteiger partial charge is 0.408 e. The minimum atomic E-state index is -1.02. The van der Waals surface area contributed by atoms with Crippen LogP contribution in [0.2, 0.25) is 5.02 Å². The molecule has 0 unspecified atom stereocenters. The Labute approximate surface area is 168 Å². The highest BCUT2D eigenvalue weighted by molar-refractivity contribution is 6.30. The van der Waals surface area contributed by atoms with E-state index in [2.05, 4.69) is 11.4 Å². The van der Waals surface area contributed by atoms with Crippen molar-refractivity contribution in [2.45, 2.75) is 38.3 Å². The second-order valence-electron chi connectivity index (χ2n) is 7.10. The first-order chi connectivity index (χ1) is 13.1. The number of amides is 1. The normalized spacial score (nSPS) is 13.1. The molecule has 1 amide bonds. The number of carbonyl (C=O) groups excluding carboxylic acids is 1. The van der Waals surface area contributed by atoms with E-state index in [4.69, 9.17) is 16.3 Å². The third-order valence-corrected chi connectivity index (χ3v) is 4.09. The van der Waals surface area contributed by atoms with Gasteiger partial charge in [-0.2, -0.15) is 5.26 Å². The van der Waals surface area contributed by atoms with Crippen molar-refractivity contribution in [3.05, 3.63) is 74.8 Å². The standard InChI is InChI=1S/C20H20ClN3O4/c1-20(2,3)28-19(25)23-18(13-8-10-14(21)11-9-13)16(12-22)15-6-4-5-7-17(15)24(26)27/h4-11,16,18H,1-3H3,(H,23,25)/t16-,18-/m1/s1. The van der Waals surface area contributed by atoms with Crippen LogP contribution in [0.4, 0.5) is 10.5 Å². The van der Waals surface area contributed by atoms with Gasteiger partial charge in [-0.15, -0.1) is 0 Å². The average Bonchev–Trinajstić information content (AvgIpc) is 2.61. The Balaban J connectivity index is 2.50. The highest BCUT2D eigenvalue weighted by atomic mass is 35.5. The molecule has 0 fully saturated rings. The SMILES string of the molecule is CC(C)(C)OC(=O)N[C@H](c1ccc(Cl)cc1)[C@H](C#N)c1ccccc1[N+](=O)[O-]. The van der Waals surface area contributed by atoms with Crippen LogP contribution < -0.4 is 5.32 Å². The van der Waals surface area contributed by atoms with E-state index in [0.29, 0.717) is 10.6 Å². The number of hydrogen-bond acceptors (Lipinski definition) is 5. The number of ether oxygens (including phenoxy) is 1. The van der Waals surface area contributed by atoms with Crippen LogP contribution >= 0.6 is 11.6 Å². The van der Waals surface area contributed by atoms with E-state index in [1.165, 1.54) is 18.2 Å². The van der Waals surface area contributed by atoms with Gasteiger partial charge in [-0.1, -0.05) is 41.9 Å². The van der Waals surface area contributed by atoms with Crippen molar-refractivity contribution < 1.29 is 14.5 Å². The third-order valence-electron chi connectivity index (χ3n) is 3.84. The quantitative estimate of drug-likeness (QED) is 0.552. The van der Waals surface area contributed by atoms with E-state index < -0.39 is 28.6 Å². The lowest BCUT2D eigenvalue weighted by atomic mass is 9.87. The largest absolute Gasteiger partial charge is 0.444 e. The number of nitrogens with zero attached hydrogens (tertiary/aromatic N) is 2. The van der Waals surface area contributed by atoms with E-state index >= 15 is 0 Å². The van der Waals surface area contributed by atoms with Gasteiger partial charge in [0.1, 0.15) is 11.5 Å². The molecule has 146 valence electrons. The first-order valence-electron chi connectivity index (χ1n) is 8.50. The number of hydrogen-bond donors (Lipinski definition) is 1. The Morgan fingerprint density at radius 2 is 1.82 bits per heavy atom. The molecule has 7 nitrogen and oxygen atoms in total. The van der Waals surface area contributed by atoms with Crippen molar-refractivity contribution in [1.82, 2.24) is 5.32 Å². The van der Waals surface area contributed by atoms with Gasteiger partial charge in [0.2, 0.25) is 0 Å². The molecule has 0 aliphatic heterocycles. The summed E-state index contributed by atoms with van der Waals surface area (Å²) < 4.78 is 5.30. The summed E-state index contributed by atoms with van der Waals surface area (Å²) in [6, 6.07) is 13.7. The Hall–Kier alpha value is -3.11. The van der Waals surface area contributed by atoms with Gasteiger partial charge in [0.25, 0.3) is 5.69 Å². The van der Waals surface area contributed by atoms with Gasteiger partial charge in [0.15, 0.2) is 0 Å². The fraction of sp³-hybridized carbons (Fsp3) is 0.300. The van der Waals surface area contributed by atoms with Gasteiger partial charge in [-0.3, -0.25) is 10.1 Å². The molecule has 1 N–H and O–H groups in total. The summed E-state index contributed by atoms with van der Waals surface area (Å²) in [5, 5.41) is 24.4. The van der Waals surface area contributed by atoms with Crippen LogP contribution in [0.15, 0.2) is 48.5 Å². The van der Waals surface area contributed by atoms with Crippen LogP contribution in [0.3, 0.4) is 0 Å². The van der Waals surface area contributed by atoms with Gasteiger partial charge in [0, 0.05) is 16.7 Å². The summed E-state index contributed by atoms with van der Waals surface area (Å²) in [6.07, 6.45) is -0.730. The van der Waals surface area contributed by atoms with Gasteiger partial charge in [0.05, 0.1) is 17.0 Å². The molecule has 2 rings (SSSR count). The van der Waals surface area contributed by atoms with Gasteiger partial charge in [-0.25, -0.2) is 4.79 Å². The number of carbonyl (C=O) groups is 1. The molecule has 0 saturated heterocycles. The molecule has 0 saturated carbocycles. The zero-order valence-electron chi connectivity index (χ0n) is 15.7. The third kappa shape index (κ3) is 5.44. The summed E-state index contributed by atoms with van der Waals surface area (Å²) in [5.41, 5.74) is -0.167. The van der Waals surface area contributed by atoms with Crippen molar-refractivity contribution in [2.24, 2.45) is 0 Å². The Morgan fingerprint density at radius 1 is 1.21 bits per heavy atom. The van der Waals surface area contributed by atoms with Crippen molar-refractivity contribution in [2.75, 3.05) is 0 Å². The lowest BCUT2D eigenvalue weighted by molar-refractivity contribution is -0.385. The molecule has 2 aromatic rings. The lowest BCUT2D eigenvalue weighted by Crippen LogP contribution is -2.37. The predicted octanol–water partition coefficient (Wildman–Crippen LogP) is 5.12. The Kier molecular flexibility index (Phi) is 6.60. The number of nitro benzene ring substituents is 1. The van der Waals surface area contributed by atoms with Crippen molar-refractivity contribution in [1.29, 1.82) is 5.26 Å². The van der Waals surface area contributed by atoms with Crippen LogP contribution in [0.1, 0.15) is 43.9 Å². The minimum Gasteiger partial charge on any atom is -0.444 e. The molecule has 2 aromatic carbocycles. The number of nitro groups is 1. The fourth-order valence-electron chi connectivity index (χ4n) is 2.70. The highest BCUT2D eigenvalue weighted by Gasteiger charge is 2.32. The number of halogens is 1. The van der Waals surface area contributed by atoms with Crippen LogP contribution in [0.25, 0.3) is 0 Å². The molecule has 0 spiro atoms. The molecule has 0 aliphatic carbocycles. The van der Waals surface area contributed by atoms with Crippen LogP contribution in [0.5, 0.6) is 0 Å². The molecule has 0 radical (unpaired) electrons. The van der Waals surface area contributed by atoms with Gasteiger partial charge < -0.3 is 10.1 Å². The van der Waals surface area contributed by atoms with Crippen LogP contribution in [-0.2, 0) is 4.74 Å². The molecule has 28 heavy (non-hydrogen) atoms. The number of alkyl carbamates (subject to hydrolysis) is 1. The lowest BCUT2D eigenvalue weighted by Gasteiger charge is -2.26. The molecular weight excluding hydrogens is 382 g/mol. The topological polar surface area (TPSA) is 105 Å². The van der Waals surface area contributed by atoms with Crippen molar-refractivity contribution >= 4 is 23.4 Å². The maximum atomic E-state index is 12.4. The summed E-state index contributed by atoms with van der Waals surface area (Å²) in [6.45, 7) is 5.15. The Morgan fingerprint density at radius 3 is 2.36 bits per heavy atom. The second-order valence-corrected chi connectivity index (χ2v) is 7.53. The molecule has 0 aliphatic rings. The average molecular weight is 402 g/mol. The fourth-order valence-corrected chi connectivity index (χ4v) is 2.83. The summed E-state index contributed by atoms with van der Waals surface area (Å²) in [7, 11) is 0. The minimum absolute atomic E-state index is 0.195. The van der Waals surface area contributed by atoms with Crippen LogP contribution in [0, 0.1) is 21.4 Å². The number of nitrogens with one attached hydrogen (secondary N) is 1. The first kappa shape index (κ1) is 21.2. The number of nitriles is 1. The molecule has 2 atom stereocenters. The molecule has 0 aromatic heterocycles. The molecule has 8 heteroatoms. The number of rotatable bonds is 5. The maximum absolute atomic E-state index is 12.4. The molecule has 0 heterocycles. The summed E-state index contributed by atoms with van der Waals surface area (Å²) in [4.78, 5) is 23.3. The Bertz CT molecular complexity index is 901. The monoisotopic (exact) mass is 401 g/mol. The van der Waals surface area contributed by atoms with Crippen molar-refractivity contribution in [3.63, 3.8) is 0 Å². The summed E-state index contributed by atoms with van der Waals surface area (Å²) >= 11 is 5.94. The maximum Gasteiger partial charge on any atom is 0.408 e. The van der Waals surface area contributed by atoms with Gasteiger partial charge >= 0.3 is 6.09 Å². The highest BCUT2D eigenvalue weighted by Crippen LogP contribution is 2.36. The van der Waals surface area contributed by atoms with E-state index in [0.717, 1.165) is 0 Å². The van der Waals surface area contributed by atoms with Crippen LogP contribution in [-0.4, -0.2) is 16.6 Å². The zero-order valence-corrected chi connectivity index (χ0v) is 16.4. The van der Waals surface area contributed by atoms with E-state index in [1.807, 2.05) is 0 Å². The van der Waals surface area contributed by atoms with E-state index in [9.17, 15) is 20.2 Å². The summed E-state index contributed by atoms with van der Waals surface area (Å²) in [5.74, 6) is -1.02. The van der Waals surface area contributed by atoms with E-state index in [-0.39, 0.29) is 11.3 Å². The number of benzene rings is 2. The first-order valence-corrected chi connectivity index (χ1v) is 8.88. The zero-order chi connectivity index (χ0) is 20.9. The van der Waals surface area contributed by atoms with E-state index in [1.54, 1.807) is 51.1 Å². The second kappa shape index (κ2) is 8.72.